The summed E-state index contributed by atoms with van der Waals surface area (Å²) in [5.41, 5.74) is 6.04. The van der Waals surface area contributed by atoms with E-state index in [-0.39, 0.29) is 6.10 Å². The summed E-state index contributed by atoms with van der Waals surface area (Å²) in [6.07, 6.45) is -0.0857. The molecule has 4 unspecified atom stereocenters. The molecule has 1 heteroatoms. The molecule has 2 bridgehead atoms. The Morgan fingerprint density at radius 1 is 0.643 bits per heavy atom. The highest BCUT2D eigenvalue weighted by Gasteiger charge is 2.60. The highest BCUT2D eigenvalue weighted by Crippen LogP contribution is 2.64. The molecule has 76 valence electrons. The molecule has 3 rings (SSSR count). The van der Waals surface area contributed by atoms with Crippen LogP contribution in [0.25, 0.3) is 0 Å². The van der Waals surface area contributed by atoms with Crippen molar-refractivity contribution in [3.63, 3.8) is 0 Å². The number of hydrogen-bond donors (Lipinski definition) is 1. The maximum absolute atomic E-state index is 10.2. The zero-order valence-electron chi connectivity index (χ0n) is 9.33. The first-order valence-electron chi connectivity index (χ1n) is 5.58. The van der Waals surface area contributed by atoms with Gasteiger partial charge in [-0.15, -0.1) is 0 Å². The molecule has 0 saturated heterocycles. The van der Waals surface area contributed by atoms with Crippen molar-refractivity contribution in [1.82, 2.24) is 0 Å². The van der Waals surface area contributed by atoms with Crippen LogP contribution in [0, 0.1) is 23.7 Å². The first kappa shape index (κ1) is 8.72. The van der Waals surface area contributed by atoms with Gasteiger partial charge in [-0.2, -0.15) is 0 Å². The average Bonchev–Trinajstić information content (AvgIpc) is 2.55. The van der Waals surface area contributed by atoms with Gasteiger partial charge in [-0.25, -0.2) is 0 Å². The number of aliphatic hydroxyl groups is 1. The van der Waals surface area contributed by atoms with Crippen molar-refractivity contribution in [2.45, 2.75) is 33.8 Å². The highest BCUT2D eigenvalue weighted by molar-refractivity contribution is 5.46. The number of fused-ring (bicyclic) bond motifs is 5. The molecule has 0 heterocycles. The van der Waals surface area contributed by atoms with Crippen LogP contribution in [0.5, 0.6) is 0 Å². The summed E-state index contributed by atoms with van der Waals surface area (Å²) in [5, 5.41) is 10.2. The van der Waals surface area contributed by atoms with Crippen molar-refractivity contribution < 1.29 is 5.11 Å². The molecule has 0 spiro atoms. The second kappa shape index (κ2) is 2.33. The molecule has 4 atom stereocenters. The van der Waals surface area contributed by atoms with E-state index in [0.29, 0.717) is 23.7 Å². The topological polar surface area (TPSA) is 20.2 Å². The van der Waals surface area contributed by atoms with Crippen LogP contribution in [-0.4, -0.2) is 11.2 Å². The minimum absolute atomic E-state index is 0.0857. The van der Waals surface area contributed by atoms with Crippen LogP contribution in [0.2, 0.25) is 0 Å². The van der Waals surface area contributed by atoms with Crippen molar-refractivity contribution in [3.05, 3.63) is 22.3 Å². The van der Waals surface area contributed by atoms with Crippen molar-refractivity contribution in [3.8, 4) is 0 Å². The van der Waals surface area contributed by atoms with E-state index in [9.17, 15) is 5.11 Å². The molecule has 3 aliphatic rings. The van der Waals surface area contributed by atoms with Gasteiger partial charge in [0.1, 0.15) is 0 Å². The number of rotatable bonds is 0. The van der Waals surface area contributed by atoms with Gasteiger partial charge in [-0.3, -0.25) is 0 Å². The fraction of sp³-hybridized carbons (Fsp3) is 0.692. The molecule has 0 aromatic rings. The standard InChI is InChI=1S/C13H18O/c1-5-6(2)10-9(5)11-7(3)8(4)12(10)13(11)14/h9-14H,1-4H3. The number of aliphatic hydroxyl groups excluding tert-OH is 1. The SMILES string of the molecule is CC1=C(C)C2C(O)C1C1C(C)=C(C)C21. The van der Waals surface area contributed by atoms with Gasteiger partial charge in [0.2, 0.25) is 0 Å². The molecule has 0 amide bonds. The molecule has 1 N–H and O–H groups in total. The lowest BCUT2D eigenvalue weighted by molar-refractivity contribution is 0.127. The lowest BCUT2D eigenvalue weighted by Crippen LogP contribution is -2.34. The maximum atomic E-state index is 10.2. The molecule has 0 aromatic heterocycles. The van der Waals surface area contributed by atoms with Crippen LogP contribution >= 0.6 is 0 Å². The summed E-state index contributed by atoms with van der Waals surface area (Å²) >= 11 is 0. The van der Waals surface area contributed by atoms with Gasteiger partial charge in [0, 0.05) is 11.8 Å². The molecule has 1 nitrogen and oxygen atoms in total. The lowest BCUT2D eigenvalue weighted by atomic mass is 9.61. The first-order chi connectivity index (χ1) is 6.55. The summed E-state index contributed by atoms with van der Waals surface area (Å²) in [7, 11) is 0. The Balaban J connectivity index is 2.10. The summed E-state index contributed by atoms with van der Waals surface area (Å²) in [5.74, 6) is 2.26. The normalized spacial score (nSPS) is 49.9. The predicted octanol–water partition coefficient (Wildman–Crippen LogP) is 2.53. The van der Waals surface area contributed by atoms with Crippen molar-refractivity contribution >= 4 is 0 Å². The highest BCUT2D eigenvalue weighted by atomic mass is 16.3. The van der Waals surface area contributed by atoms with E-state index in [1.54, 1.807) is 11.1 Å². The van der Waals surface area contributed by atoms with Crippen LogP contribution in [0.3, 0.4) is 0 Å². The summed E-state index contributed by atoms with van der Waals surface area (Å²) < 4.78 is 0. The van der Waals surface area contributed by atoms with Crippen molar-refractivity contribution in [2.75, 3.05) is 0 Å². The van der Waals surface area contributed by atoms with Crippen molar-refractivity contribution in [2.24, 2.45) is 23.7 Å². The van der Waals surface area contributed by atoms with Gasteiger partial charge < -0.3 is 5.11 Å². The number of allylic oxidation sites excluding steroid dienone is 2. The van der Waals surface area contributed by atoms with E-state index in [4.69, 9.17) is 0 Å². The third kappa shape index (κ3) is 0.661. The molecular formula is C13H18O. The van der Waals surface area contributed by atoms with Crippen LogP contribution in [0.4, 0.5) is 0 Å². The van der Waals surface area contributed by atoms with Gasteiger partial charge >= 0.3 is 0 Å². The van der Waals surface area contributed by atoms with Gasteiger partial charge in [-0.1, -0.05) is 22.3 Å². The summed E-state index contributed by atoms with van der Waals surface area (Å²) in [6, 6.07) is 0. The Hall–Kier alpha value is -0.560. The second-order valence-electron chi connectivity index (χ2n) is 5.33. The largest absolute Gasteiger partial charge is 0.392 e. The molecule has 0 aromatic carbocycles. The first-order valence-corrected chi connectivity index (χ1v) is 5.58. The molecule has 0 radical (unpaired) electrons. The van der Waals surface area contributed by atoms with E-state index in [0.717, 1.165) is 0 Å². The maximum Gasteiger partial charge on any atom is 0.0682 e. The fourth-order valence-corrected chi connectivity index (χ4v) is 4.18. The summed E-state index contributed by atoms with van der Waals surface area (Å²) in [6.45, 7) is 8.90. The molecule has 3 aliphatic carbocycles. The van der Waals surface area contributed by atoms with E-state index >= 15 is 0 Å². The van der Waals surface area contributed by atoms with E-state index < -0.39 is 0 Å². The quantitative estimate of drug-likeness (QED) is 0.582. The third-order valence-electron chi connectivity index (χ3n) is 5.14. The zero-order chi connectivity index (χ0) is 10.2. The Morgan fingerprint density at radius 2 is 0.929 bits per heavy atom. The monoisotopic (exact) mass is 190 g/mol. The Labute approximate surface area is 85.5 Å². The summed E-state index contributed by atoms with van der Waals surface area (Å²) in [4.78, 5) is 0. The Bertz CT molecular complexity index is 341. The molecule has 1 fully saturated rings. The minimum Gasteiger partial charge on any atom is -0.392 e. The fourth-order valence-electron chi connectivity index (χ4n) is 4.18. The van der Waals surface area contributed by atoms with Gasteiger partial charge in [0.25, 0.3) is 0 Å². The van der Waals surface area contributed by atoms with Crippen LogP contribution in [0.1, 0.15) is 27.7 Å². The Morgan fingerprint density at radius 3 is 1.29 bits per heavy atom. The second-order valence-corrected chi connectivity index (χ2v) is 5.33. The van der Waals surface area contributed by atoms with Crippen LogP contribution in [-0.2, 0) is 0 Å². The van der Waals surface area contributed by atoms with Crippen LogP contribution in [0.15, 0.2) is 22.3 Å². The van der Waals surface area contributed by atoms with Gasteiger partial charge in [0.15, 0.2) is 0 Å². The number of hydrogen-bond acceptors (Lipinski definition) is 1. The predicted molar refractivity (Wildman–Crippen MR) is 56.7 cm³/mol. The Kier molecular flexibility index (Phi) is 1.45. The molecular weight excluding hydrogens is 172 g/mol. The molecule has 0 aliphatic heterocycles. The van der Waals surface area contributed by atoms with E-state index in [1.807, 2.05) is 0 Å². The van der Waals surface area contributed by atoms with Crippen LogP contribution < -0.4 is 0 Å². The zero-order valence-corrected chi connectivity index (χ0v) is 9.33. The third-order valence-corrected chi connectivity index (χ3v) is 5.14. The van der Waals surface area contributed by atoms with E-state index in [1.165, 1.54) is 11.1 Å². The van der Waals surface area contributed by atoms with Crippen molar-refractivity contribution in [1.29, 1.82) is 0 Å². The molecule has 1 saturated carbocycles. The average molecular weight is 190 g/mol. The van der Waals surface area contributed by atoms with Gasteiger partial charge in [0.05, 0.1) is 6.10 Å². The minimum atomic E-state index is -0.0857. The molecule has 14 heavy (non-hydrogen) atoms. The smallest absolute Gasteiger partial charge is 0.0682 e. The van der Waals surface area contributed by atoms with E-state index in [2.05, 4.69) is 27.7 Å². The lowest BCUT2D eigenvalue weighted by Gasteiger charge is -2.43. The van der Waals surface area contributed by atoms with Gasteiger partial charge in [-0.05, 0) is 39.5 Å².